The molecule has 1 unspecified atom stereocenters. The van der Waals surface area contributed by atoms with Gasteiger partial charge in [-0.3, -0.25) is 4.79 Å². The van der Waals surface area contributed by atoms with Gasteiger partial charge >= 0.3 is 6.36 Å². The Bertz CT molecular complexity index is 1110. The minimum absolute atomic E-state index is 0.146. The third kappa shape index (κ3) is 3.75. The predicted octanol–water partition coefficient (Wildman–Crippen LogP) is 5.96. The van der Waals surface area contributed by atoms with Gasteiger partial charge < -0.3 is 9.30 Å². The van der Waals surface area contributed by atoms with E-state index in [-0.39, 0.29) is 17.3 Å². The zero-order valence-corrected chi connectivity index (χ0v) is 15.9. The van der Waals surface area contributed by atoms with Crippen LogP contribution in [0.5, 0.6) is 5.75 Å². The molecule has 0 N–H and O–H groups in total. The number of hydrogen-bond acceptors (Lipinski definition) is 2. The first-order valence-corrected chi connectivity index (χ1v) is 9.34. The topological polar surface area (TPSA) is 31.2 Å². The summed E-state index contributed by atoms with van der Waals surface area (Å²) in [5.41, 5.74) is 3.35. The quantitative estimate of drug-likeness (QED) is 0.493. The van der Waals surface area contributed by atoms with Crippen molar-refractivity contribution in [2.45, 2.75) is 25.7 Å². The van der Waals surface area contributed by atoms with Crippen LogP contribution >= 0.6 is 0 Å². The lowest BCUT2D eigenvalue weighted by molar-refractivity contribution is -0.274. The fourth-order valence-corrected chi connectivity index (χ4v) is 3.71. The van der Waals surface area contributed by atoms with Gasteiger partial charge in [-0.05, 0) is 48.4 Å². The summed E-state index contributed by atoms with van der Waals surface area (Å²) in [6.07, 6.45) is -1.18. The third-order valence-electron chi connectivity index (χ3n) is 5.07. The molecule has 2 aromatic carbocycles. The molecule has 0 radical (unpaired) electrons. The van der Waals surface area contributed by atoms with E-state index in [2.05, 4.69) is 4.74 Å². The van der Waals surface area contributed by atoms with Crippen molar-refractivity contribution >= 4 is 11.4 Å². The molecule has 1 aliphatic rings. The van der Waals surface area contributed by atoms with Crippen molar-refractivity contribution in [1.29, 1.82) is 0 Å². The van der Waals surface area contributed by atoms with E-state index in [0.29, 0.717) is 17.7 Å². The van der Waals surface area contributed by atoms with Gasteiger partial charge in [-0.15, -0.1) is 13.2 Å². The van der Waals surface area contributed by atoms with Gasteiger partial charge in [0.05, 0.1) is 11.6 Å². The minimum Gasteiger partial charge on any atom is -0.406 e. The lowest BCUT2D eigenvalue weighted by Gasteiger charge is -2.23. The monoisotopic (exact) mass is 415 g/mol. The summed E-state index contributed by atoms with van der Waals surface area (Å²) >= 11 is 0. The van der Waals surface area contributed by atoms with Crippen molar-refractivity contribution in [3.05, 3.63) is 95.1 Å². The van der Waals surface area contributed by atoms with Crippen LogP contribution in [0.25, 0.3) is 5.57 Å². The SMILES string of the molecule is CCn1ccc2c1C(c1ccc(F)cc1)=CC(c1ccc(OC(F)(F)F)cc1)C2=O. The summed E-state index contributed by atoms with van der Waals surface area (Å²) in [5, 5.41) is 0. The van der Waals surface area contributed by atoms with Crippen LogP contribution in [0, 0.1) is 5.82 Å². The molecule has 154 valence electrons. The van der Waals surface area contributed by atoms with Crippen molar-refractivity contribution in [3.8, 4) is 5.75 Å². The molecule has 3 nitrogen and oxygen atoms in total. The molecule has 0 aliphatic heterocycles. The Labute approximate surface area is 170 Å². The molecule has 30 heavy (non-hydrogen) atoms. The molecule has 1 heterocycles. The van der Waals surface area contributed by atoms with Crippen LogP contribution in [0.4, 0.5) is 17.6 Å². The Morgan fingerprint density at radius 2 is 1.67 bits per heavy atom. The zero-order valence-electron chi connectivity index (χ0n) is 15.9. The molecular formula is C23H17F4NO2. The van der Waals surface area contributed by atoms with E-state index < -0.39 is 12.3 Å². The number of carbonyl (C=O) groups is 1. The smallest absolute Gasteiger partial charge is 0.406 e. The summed E-state index contributed by atoms with van der Waals surface area (Å²) in [6, 6.07) is 13.0. The van der Waals surface area contributed by atoms with Gasteiger partial charge in [0.25, 0.3) is 0 Å². The van der Waals surface area contributed by atoms with Gasteiger partial charge in [0.15, 0.2) is 5.78 Å². The Hall–Kier alpha value is -3.35. The molecule has 4 rings (SSSR count). The Kier molecular flexibility index (Phi) is 4.97. The molecule has 0 amide bonds. The first-order valence-electron chi connectivity index (χ1n) is 9.34. The van der Waals surface area contributed by atoms with E-state index in [9.17, 15) is 22.4 Å². The minimum atomic E-state index is -4.78. The molecule has 1 aromatic heterocycles. The van der Waals surface area contributed by atoms with Crippen LogP contribution in [0.15, 0.2) is 66.9 Å². The number of alkyl halides is 3. The summed E-state index contributed by atoms with van der Waals surface area (Å²) in [7, 11) is 0. The van der Waals surface area contributed by atoms with Crippen LogP contribution in [0.2, 0.25) is 0 Å². The second-order valence-corrected chi connectivity index (χ2v) is 6.91. The van der Waals surface area contributed by atoms with E-state index in [4.69, 9.17) is 0 Å². The number of halogens is 4. The maximum absolute atomic E-state index is 13.4. The highest BCUT2D eigenvalue weighted by atomic mass is 19.4. The zero-order chi connectivity index (χ0) is 21.5. The molecule has 1 aliphatic carbocycles. The standard InChI is InChI=1S/C23H17F4NO2/c1-2-28-12-11-18-21(28)19(14-3-7-16(24)8-4-14)13-20(22(18)29)15-5-9-17(10-6-15)30-23(25,26)27/h3-13,20H,2H2,1H3. The highest BCUT2D eigenvalue weighted by molar-refractivity contribution is 6.10. The summed E-state index contributed by atoms with van der Waals surface area (Å²) in [6.45, 7) is 2.60. The van der Waals surface area contributed by atoms with Crippen LogP contribution in [0.3, 0.4) is 0 Å². The molecule has 0 fully saturated rings. The molecule has 1 atom stereocenters. The number of hydrogen-bond donors (Lipinski definition) is 0. The lowest BCUT2D eigenvalue weighted by Crippen LogP contribution is -2.19. The average Bonchev–Trinajstić information content (AvgIpc) is 3.14. The molecular weight excluding hydrogens is 398 g/mol. The van der Waals surface area contributed by atoms with Crippen LogP contribution in [-0.4, -0.2) is 16.7 Å². The van der Waals surface area contributed by atoms with Crippen molar-refractivity contribution < 1.29 is 27.1 Å². The number of aryl methyl sites for hydroxylation is 1. The fraction of sp³-hybridized carbons (Fsp3) is 0.174. The maximum Gasteiger partial charge on any atom is 0.573 e. The molecule has 0 bridgehead atoms. The summed E-state index contributed by atoms with van der Waals surface area (Å²) < 4.78 is 56.5. The Balaban J connectivity index is 1.78. The third-order valence-corrected chi connectivity index (χ3v) is 5.07. The lowest BCUT2D eigenvalue weighted by atomic mass is 9.81. The van der Waals surface area contributed by atoms with Crippen molar-refractivity contribution in [3.63, 3.8) is 0 Å². The van der Waals surface area contributed by atoms with Crippen molar-refractivity contribution in [2.24, 2.45) is 0 Å². The highest BCUT2D eigenvalue weighted by Gasteiger charge is 2.33. The number of nitrogens with zero attached hydrogens (tertiary/aromatic N) is 1. The summed E-state index contributed by atoms with van der Waals surface area (Å²) in [5.74, 6) is -1.54. The maximum atomic E-state index is 13.4. The van der Waals surface area contributed by atoms with Gasteiger partial charge in [0.2, 0.25) is 0 Å². The number of fused-ring (bicyclic) bond motifs is 1. The van der Waals surface area contributed by atoms with E-state index >= 15 is 0 Å². The second-order valence-electron chi connectivity index (χ2n) is 6.91. The number of allylic oxidation sites excluding steroid dienone is 1. The first-order chi connectivity index (χ1) is 14.3. The molecule has 0 saturated heterocycles. The number of ether oxygens (including phenoxy) is 1. The van der Waals surface area contributed by atoms with Crippen LogP contribution in [-0.2, 0) is 6.54 Å². The van der Waals surface area contributed by atoms with Crippen molar-refractivity contribution in [2.75, 3.05) is 0 Å². The van der Waals surface area contributed by atoms with Gasteiger partial charge in [0, 0.05) is 23.9 Å². The highest BCUT2D eigenvalue weighted by Crippen LogP contribution is 2.39. The molecule has 0 saturated carbocycles. The van der Waals surface area contributed by atoms with E-state index in [1.807, 2.05) is 17.7 Å². The molecule has 3 aromatic rings. The first kappa shape index (κ1) is 19.9. The van der Waals surface area contributed by atoms with Crippen molar-refractivity contribution in [1.82, 2.24) is 4.57 Å². The number of rotatable bonds is 4. The van der Waals surface area contributed by atoms with Gasteiger partial charge in [0.1, 0.15) is 11.6 Å². The van der Waals surface area contributed by atoms with Crippen LogP contribution in [0.1, 0.15) is 40.0 Å². The van der Waals surface area contributed by atoms with Gasteiger partial charge in [-0.2, -0.15) is 0 Å². The molecule has 7 heteroatoms. The second kappa shape index (κ2) is 7.48. The van der Waals surface area contributed by atoms with Gasteiger partial charge in [-0.25, -0.2) is 4.39 Å². The predicted molar refractivity (Wildman–Crippen MR) is 104 cm³/mol. The normalized spacial score (nSPS) is 16.2. The number of aromatic nitrogens is 1. The average molecular weight is 415 g/mol. The van der Waals surface area contributed by atoms with E-state index in [1.165, 1.54) is 36.4 Å². The van der Waals surface area contributed by atoms with E-state index in [1.54, 1.807) is 24.3 Å². The van der Waals surface area contributed by atoms with E-state index in [0.717, 1.165) is 16.8 Å². The number of ketones is 1. The Morgan fingerprint density at radius 1 is 1.00 bits per heavy atom. The number of carbonyl (C=O) groups excluding carboxylic acids is 1. The Morgan fingerprint density at radius 3 is 2.27 bits per heavy atom. The summed E-state index contributed by atoms with van der Waals surface area (Å²) in [4.78, 5) is 13.2. The number of benzene rings is 2. The van der Waals surface area contributed by atoms with Gasteiger partial charge in [-0.1, -0.05) is 30.3 Å². The largest absolute Gasteiger partial charge is 0.573 e. The number of Topliss-reactive ketones (excluding diaryl/α,β-unsaturated/α-hetero) is 1. The molecule has 0 spiro atoms. The fourth-order valence-electron chi connectivity index (χ4n) is 3.71. The van der Waals surface area contributed by atoms with Crippen LogP contribution < -0.4 is 4.74 Å².